The molecule has 2 aromatic carbocycles. The quantitative estimate of drug-likeness (QED) is 0.853. The van der Waals surface area contributed by atoms with Crippen molar-refractivity contribution in [2.75, 3.05) is 18.0 Å². The van der Waals surface area contributed by atoms with Crippen LogP contribution in [0.1, 0.15) is 6.92 Å². The highest BCUT2D eigenvalue weighted by Gasteiger charge is 2.23. The first-order chi connectivity index (χ1) is 9.96. The maximum absolute atomic E-state index is 13.7. The summed E-state index contributed by atoms with van der Waals surface area (Å²) in [6, 6.07) is 11.8. The van der Waals surface area contributed by atoms with Crippen molar-refractivity contribution < 1.29 is 17.5 Å². The van der Waals surface area contributed by atoms with E-state index in [4.69, 9.17) is 4.74 Å². The number of hydrogen-bond acceptors (Lipinski definition) is 3. The summed E-state index contributed by atoms with van der Waals surface area (Å²) in [6.07, 6.45) is 0. The standard InChI is InChI=1S/C15H16FNO3S/c1-3-20-12-8-10-13(11-9-12)21(18,19)17(2)15-7-5-4-6-14(15)16/h4-11H,3H2,1-2H3. The summed E-state index contributed by atoms with van der Waals surface area (Å²) >= 11 is 0. The zero-order chi connectivity index (χ0) is 15.5. The van der Waals surface area contributed by atoms with E-state index in [1.807, 2.05) is 6.92 Å². The molecule has 0 N–H and O–H groups in total. The Morgan fingerprint density at radius 3 is 2.29 bits per heavy atom. The van der Waals surface area contributed by atoms with Gasteiger partial charge in [0, 0.05) is 7.05 Å². The molecule has 0 amide bonds. The average molecular weight is 309 g/mol. The summed E-state index contributed by atoms with van der Waals surface area (Å²) < 4.78 is 44.9. The number of halogens is 1. The average Bonchev–Trinajstić information content (AvgIpc) is 2.48. The first-order valence-electron chi connectivity index (χ1n) is 6.43. The van der Waals surface area contributed by atoms with E-state index in [1.54, 1.807) is 18.2 Å². The summed E-state index contributed by atoms with van der Waals surface area (Å²) in [5, 5.41) is 0. The second-order valence-electron chi connectivity index (χ2n) is 4.33. The van der Waals surface area contributed by atoms with Crippen molar-refractivity contribution in [2.24, 2.45) is 0 Å². The minimum absolute atomic E-state index is 0.00591. The third kappa shape index (κ3) is 3.16. The molecule has 0 aliphatic heterocycles. The van der Waals surface area contributed by atoms with Gasteiger partial charge in [0.2, 0.25) is 0 Å². The van der Waals surface area contributed by atoms with Gasteiger partial charge in [0.1, 0.15) is 11.6 Å². The van der Waals surface area contributed by atoms with Gasteiger partial charge in [0.05, 0.1) is 17.2 Å². The molecule has 2 rings (SSSR count). The zero-order valence-electron chi connectivity index (χ0n) is 11.8. The zero-order valence-corrected chi connectivity index (χ0v) is 12.6. The Morgan fingerprint density at radius 1 is 1.10 bits per heavy atom. The number of ether oxygens (including phenoxy) is 1. The van der Waals surface area contributed by atoms with Crippen LogP contribution in [0, 0.1) is 5.82 Å². The molecular formula is C15H16FNO3S. The van der Waals surface area contributed by atoms with Crippen LogP contribution < -0.4 is 9.04 Å². The lowest BCUT2D eigenvalue weighted by molar-refractivity contribution is 0.340. The summed E-state index contributed by atoms with van der Waals surface area (Å²) in [7, 11) is -2.48. The van der Waals surface area contributed by atoms with Crippen molar-refractivity contribution >= 4 is 15.7 Å². The second-order valence-corrected chi connectivity index (χ2v) is 6.30. The van der Waals surface area contributed by atoms with Gasteiger partial charge in [0.15, 0.2) is 0 Å². The molecule has 0 saturated heterocycles. The molecular weight excluding hydrogens is 293 g/mol. The molecule has 0 radical (unpaired) electrons. The van der Waals surface area contributed by atoms with E-state index < -0.39 is 15.8 Å². The lowest BCUT2D eigenvalue weighted by Crippen LogP contribution is -2.27. The van der Waals surface area contributed by atoms with Crippen molar-refractivity contribution in [3.63, 3.8) is 0 Å². The fourth-order valence-electron chi connectivity index (χ4n) is 1.87. The lowest BCUT2D eigenvalue weighted by Gasteiger charge is -2.20. The van der Waals surface area contributed by atoms with Crippen LogP contribution in [0.15, 0.2) is 53.4 Å². The normalized spacial score (nSPS) is 11.2. The first-order valence-corrected chi connectivity index (χ1v) is 7.87. The van der Waals surface area contributed by atoms with Gasteiger partial charge in [-0.1, -0.05) is 12.1 Å². The van der Waals surface area contributed by atoms with Gasteiger partial charge in [-0.25, -0.2) is 12.8 Å². The Kier molecular flexibility index (Phi) is 4.47. The van der Waals surface area contributed by atoms with Gasteiger partial charge in [-0.15, -0.1) is 0 Å². The lowest BCUT2D eigenvalue weighted by atomic mass is 10.3. The van der Waals surface area contributed by atoms with Crippen LogP contribution in [0.2, 0.25) is 0 Å². The molecule has 0 heterocycles. The summed E-state index contributed by atoms with van der Waals surface area (Å²) in [5.41, 5.74) is 0.00591. The SMILES string of the molecule is CCOc1ccc(S(=O)(=O)N(C)c2ccccc2F)cc1. The number of anilines is 1. The van der Waals surface area contributed by atoms with Crippen LogP contribution in [0.3, 0.4) is 0 Å². The fourth-order valence-corrected chi connectivity index (χ4v) is 3.07. The van der Waals surface area contributed by atoms with Crippen LogP contribution in [0.5, 0.6) is 5.75 Å². The number of hydrogen-bond donors (Lipinski definition) is 0. The molecule has 0 unspecified atom stereocenters. The van der Waals surface area contributed by atoms with Crippen LogP contribution in [0.25, 0.3) is 0 Å². The number of sulfonamides is 1. The molecule has 0 fully saturated rings. The molecule has 112 valence electrons. The van der Waals surface area contributed by atoms with E-state index in [9.17, 15) is 12.8 Å². The summed E-state index contributed by atoms with van der Waals surface area (Å²) in [5.74, 6) is -0.000457. The Bertz CT molecular complexity index is 714. The molecule has 0 aliphatic carbocycles. The largest absolute Gasteiger partial charge is 0.494 e. The van der Waals surface area contributed by atoms with Gasteiger partial charge < -0.3 is 4.74 Å². The Labute approximate surface area is 123 Å². The van der Waals surface area contributed by atoms with Crippen molar-refractivity contribution in [1.29, 1.82) is 0 Å². The summed E-state index contributed by atoms with van der Waals surface area (Å²) in [4.78, 5) is 0.0803. The van der Waals surface area contributed by atoms with Gasteiger partial charge >= 0.3 is 0 Å². The van der Waals surface area contributed by atoms with Crippen molar-refractivity contribution in [2.45, 2.75) is 11.8 Å². The molecule has 2 aromatic rings. The van der Waals surface area contributed by atoms with Gasteiger partial charge in [0.25, 0.3) is 10.0 Å². The highest BCUT2D eigenvalue weighted by molar-refractivity contribution is 7.92. The maximum Gasteiger partial charge on any atom is 0.264 e. The van der Waals surface area contributed by atoms with Crippen LogP contribution in [0.4, 0.5) is 10.1 Å². The molecule has 0 aliphatic rings. The smallest absolute Gasteiger partial charge is 0.264 e. The second kappa shape index (κ2) is 6.13. The first kappa shape index (κ1) is 15.3. The van der Waals surface area contributed by atoms with Crippen LogP contribution >= 0.6 is 0 Å². The molecule has 0 atom stereocenters. The Hall–Kier alpha value is -2.08. The summed E-state index contributed by atoms with van der Waals surface area (Å²) in [6.45, 7) is 2.35. The highest BCUT2D eigenvalue weighted by atomic mass is 32.2. The predicted molar refractivity (Wildman–Crippen MR) is 79.6 cm³/mol. The van der Waals surface area contributed by atoms with E-state index in [2.05, 4.69) is 0 Å². The van der Waals surface area contributed by atoms with Crippen molar-refractivity contribution in [3.05, 3.63) is 54.3 Å². The minimum Gasteiger partial charge on any atom is -0.494 e. The molecule has 21 heavy (non-hydrogen) atoms. The van der Waals surface area contributed by atoms with E-state index >= 15 is 0 Å². The number of benzene rings is 2. The third-order valence-electron chi connectivity index (χ3n) is 2.98. The minimum atomic E-state index is -3.81. The van der Waals surface area contributed by atoms with Gasteiger partial charge in [-0.2, -0.15) is 0 Å². The number of para-hydroxylation sites is 1. The highest BCUT2D eigenvalue weighted by Crippen LogP contribution is 2.25. The van der Waals surface area contributed by atoms with Gasteiger partial charge in [-0.3, -0.25) is 4.31 Å². The molecule has 0 spiro atoms. The maximum atomic E-state index is 13.7. The van der Waals surface area contributed by atoms with Crippen molar-refractivity contribution in [1.82, 2.24) is 0 Å². The molecule has 4 nitrogen and oxygen atoms in total. The fraction of sp³-hybridized carbons (Fsp3) is 0.200. The Balaban J connectivity index is 2.35. The van der Waals surface area contributed by atoms with Crippen LogP contribution in [-0.4, -0.2) is 22.1 Å². The molecule has 6 heteroatoms. The number of rotatable bonds is 5. The molecule has 0 aromatic heterocycles. The molecule has 0 saturated carbocycles. The molecule has 0 bridgehead atoms. The van der Waals surface area contributed by atoms with E-state index in [0.717, 1.165) is 4.31 Å². The number of nitrogens with zero attached hydrogens (tertiary/aromatic N) is 1. The van der Waals surface area contributed by atoms with Crippen LogP contribution in [-0.2, 0) is 10.0 Å². The van der Waals surface area contributed by atoms with Crippen molar-refractivity contribution in [3.8, 4) is 5.75 Å². The third-order valence-corrected chi connectivity index (χ3v) is 4.77. The Morgan fingerprint density at radius 2 is 1.71 bits per heavy atom. The van der Waals surface area contributed by atoms with E-state index in [-0.39, 0.29) is 10.6 Å². The topological polar surface area (TPSA) is 46.6 Å². The van der Waals surface area contributed by atoms with E-state index in [1.165, 1.54) is 37.4 Å². The monoisotopic (exact) mass is 309 g/mol. The van der Waals surface area contributed by atoms with Gasteiger partial charge in [-0.05, 0) is 43.3 Å². The predicted octanol–water partition coefficient (Wildman–Crippen LogP) is 3.05. The van der Waals surface area contributed by atoms with E-state index in [0.29, 0.717) is 12.4 Å².